The second-order valence-electron chi connectivity index (χ2n) is 5.96. The van der Waals surface area contributed by atoms with Gasteiger partial charge in [0, 0.05) is 4.88 Å². The Hall–Kier alpha value is -2.58. The van der Waals surface area contributed by atoms with Crippen molar-refractivity contribution in [3.8, 4) is 11.8 Å². The number of benzene rings is 1. The zero-order chi connectivity index (χ0) is 17.6. The summed E-state index contributed by atoms with van der Waals surface area (Å²) in [5.41, 5.74) is 2.74. The molecule has 0 spiro atoms. The first-order valence-corrected chi connectivity index (χ1v) is 9.20. The van der Waals surface area contributed by atoms with Gasteiger partial charge in [0.05, 0.1) is 5.56 Å². The summed E-state index contributed by atoms with van der Waals surface area (Å²) in [5.74, 6) is 0.437. The van der Waals surface area contributed by atoms with Gasteiger partial charge in [-0.15, -0.1) is 17.9 Å². The first kappa shape index (κ1) is 17.2. The molecule has 1 aliphatic carbocycles. The number of carbonyl (C=O) groups is 1. The van der Waals surface area contributed by atoms with Crippen LogP contribution < -0.4 is 10.1 Å². The molecule has 0 fully saturated rings. The van der Waals surface area contributed by atoms with Gasteiger partial charge >= 0.3 is 0 Å². The molecule has 1 aliphatic rings. The average molecular weight is 352 g/mol. The third-order valence-corrected chi connectivity index (χ3v) is 5.44. The van der Waals surface area contributed by atoms with Crippen molar-refractivity contribution in [2.24, 2.45) is 0 Å². The van der Waals surface area contributed by atoms with E-state index in [4.69, 9.17) is 4.74 Å². The van der Waals surface area contributed by atoms with E-state index in [9.17, 15) is 10.1 Å². The van der Waals surface area contributed by atoms with Crippen LogP contribution in [0.4, 0.5) is 5.00 Å². The summed E-state index contributed by atoms with van der Waals surface area (Å²) in [7, 11) is 0. The van der Waals surface area contributed by atoms with E-state index in [0.29, 0.717) is 22.7 Å². The van der Waals surface area contributed by atoms with Gasteiger partial charge in [0.15, 0.2) is 6.61 Å². The molecule has 0 atom stereocenters. The Labute approximate surface area is 151 Å². The predicted molar refractivity (Wildman–Crippen MR) is 100 cm³/mol. The summed E-state index contributed by atoms with van der Waals surface area (Å²) in [6, 6.07) is 9.86. The van der Waals surface area contributed by atoms with Crippen LogP contribution in [0.5, 0.6) is 5.75 Å². The van der Waals surface area contributed by atoms with Crippen LogP contribution in [0.15, 0.2) is 36.9 Å². The van der Waals surface area contributed by atoms with Crippen molar-refractivity contribution in [1.82, 2.24) is 0 Å². The number of para-hydroxylation sites is 1. The number of ether oxygens (including phenoxy) is 1. The lowest BCUT2D eigenvalue weighted by Gasteiger charge is -2.10. The summed E-state index contributed by atoms with van der Waals surface area (Å²) in [6.45, 7) is 3.65. The summed E-state index contributed by atoms with van der Waals surface area (Å²) < 4.78 is 5.66. The molecule has 5 heteroatoms. The van der Waals surface area contributed by atoms with E-state index in [-0.39, 0.29) is 12.5 Å². The number of thiophene rings is 1. The molecule has 1 aromatic heterocycles. The first-order valence-electron chi connectivity index (χ1n) is 8.39. The number of rotatable bonds is 6. The van der Waals surface area contributed by atoms with E-state index in [1.165, 1.54) is 16.2 Å². The molecule has 0 radical (unpaired) electrons. The van der Waals surface area contributed by atoms with Crippen molar-refractivity contribution in [1.29, 1.82) is 5.26 Å². The van der Waals surface area contributed by atoms with Crippen molar-refractivity contribution >= 4 is 22.2 Å². The van der Waals surface area contributed by atoms with Gasteiger partial charge in [0.1, 0.15) is 16.8 Å². The van der Waals surface area contributed by atoms with E-state index in [0.717, 1.165) is 36.8 Å². The molecular formula is C20H20N2O2S. The highest BCUT2D eigenvalue weighted by atomic mass is 32.1. The third-order valence-electron chi connectivity index (χ3n) is 4.23. The van der Waals surface area contributed by atoms with Crippen LogP contribution in [-0.4, -0.2) is 12.5 Å². The van der Waals surface area contributed by atoms with Gasteiger partial charge in [0.2, 0.25) is 0 Å². The van der Waals surface area contributed by atoms with Crippen LogP contribution in [0.3, 0.4) is 0 Å². The van der Waals surface area contributed by atoms with Gasteiger partial charge in [-0.3, -0.25) is 4.79 Å². The highest BCUT2D eigenvalue weighted by molar-refractivity contribution is 7.16. The normalized spacial score (nSPS) is 12.8. The van der Waals surface area contributed by atoms with Crippen molar-refractivity contribution in [2.45, 2.75) is 32.1 Å². The van der Waals surface area contributed by atoms with Gasteiger partial charge in [-0.05, 0) is 49.3 Å². The summed E-state index contributed by atoms with van der Waals surface area (Å²) >= 11 is 1.52. The number of carbonyl (C=O) groups excluding carboxylic acids is 1. The minimum absolute atomic E-state index is 0.0818. The number of nitriles is 1. The minimum Gasteiger partial charge on any atom is -0.483 e. The SMILES string of the molecule is C=CCc1ccccc1OCC(=O)Nc1sc2c(c1C#N)CCCC2. The predicted octanol–water partition coefficient (Wildman–Crippen LogP) is 4.24. The standard InChI is InChI=1S/C20H20N2O2S/c1-2-7-14-8-3-5-10-17(14)24-13-19(23)22-20-16(12-21)15-9-4-6-11-18(15)25-20/h2-3,5,8,10H,1,4,6-7,9,11,13H2,(H,22,23). The zero-order valence-corrected chi connectivity index (χ0v) is 14.8. The maximum atomic E-state index is 12.3. The number of anilines is 1. The number of fused-ring (bicyclic) bond motifs is 1. The molecule has 128 valence electrons. The second kappa shape index (κ2) is 8.00. The maximum absolute atomic E-state index is 12.3. The monoisotopic (exact) mass is 352 g/mol. The quantitative estimate of drug-likeness (QED) is 0.791. The van der Waals surface area contributed by atoms with Gasteiger partial charge in [-0.1, -0.05) is 24.3 Å². The smallest absolute Gasteiger partial charge is 0.262 e. The molecule has 1 amide bonds. The van der Waals surface area contributed by atoms with Crippen LogP contribution >= 0.6 is 11.3 Å². The van der Waals surface area contributed by atoms with E-state index < -0.39 is 0 Å². The zero-order valence-electron chi connectivity index (χ0n) is 14.0. The maximum Gasteiger partial charge on any atom is 0.262 e. The molecule has 1 N–H and O–H groups in total. The van der Waals surface area contributed by atoms with Crippen molar-refractivity contribution < 1.29 is 9.53 Å². The number of nitrogens with one attached hydrogen (secondary N) is 1. The van der Waals surface area contributed by atoms with Crippen LogP contribution in [-0.2, 0) is 24.1 Å². The van der Waals surface area contributed by atoms with Crippen molar-refractivity contribution in [3.05, 3.63) is 58.5 Å². The molecule has 1 heterocycles. The average Bonchev–Trinajstić information content (AvgIpc) is 2.98. The number of hydrogen-bond acceptors (Lipinski definition) is 4. The molecule has 0 unspecified atom stereocenters. The molecular weight excluding hydrogens is 332 g/mol. The van der Waals surface area contributed by atoms with Gasteiger partial charge < -0.3 is 10.1 Å². The van der Waals surface area contributed by atoms with Crippen LogP contribution in [0, 0.1) is 11.3 Å². The summed E-state index contributed by atoms with van der Waals surface area (Å²) in [4.78, 5) is 13.5. The largest absolute Gasteiger partial charge is 0.483 e. The molecule has 0 saturated heterocycles. The van der Waals surface area contributed by atoms with Crippen LogP contribution in [0.25, 0.3) is 0 Å². The Bertz CT molecular complexity index is 833. The summed E-state index contributed by atoms with van der Waals surface area (Å²) in [5, 5.41) is 13.0. The topological polar surface area (TPSA) is 62.1 Å². The van der Waals surface area contributed by atoms with Crippen molar-refractivity contribution in [2.75, 3.05) is 11.9 Å². The number of nitrogens with zero attached hydrogens (tertiary/aromatic N) is 1. The molecule has 0 bridgehead atoms. The molecule has 0 aliphatic heterocycles. The first-order chi connectivity index (χ1) is 12.2. The lowest BCUT2D eigenvalue weighted by Crippen LogP contribution is -2.20. The second-order valence-corrected chi connectivity index (χ2v) is 7.07. The molecule has 25 heavy (non-hydrogen) atoms. The van der Waals surface area contributed by atoms with Gasteiger partial charge in [0.25, 0.3) is 5.91 Å². The molecule has 3 rings (SSSR count). The third kappa shape index (κ3) is 3.92. The fourth-order valence-electron chi connectivity index (χ4n) is 3.05. The number of allylic oxidation sites excluding steroid dienone is 1. The van der Waals surface area contributed by atoms with E-state index in [1.54, 1.807) is 6.08 Å². The fraction of sp³-hybridized carbons (Fsp3) is 0.300. The number of amides is 1. The highest BCUT2D eigenvalue weighted by Crippen LogP contribution is 2.37. The molecule has 4 nitrogen and oxygen atoms in total. The fourth-order valence-corrected chi connectivity index (χ4v) is 4.30. The number of hydrogen-bond donors (Lipinski definition) is 1. The number of aryl methyl sites for hydroxylation is 1. The Kier molecular flexibility index (Phi) is 5.52. The Morgan fingerprint density at radius 2 is 2.16 bits per heavy atom. The highest BCUT2D eigenvalue weighted by Gasteiger charge is 2.21. The van der Waals surface area contributed by atoms with Crippen molar-refractivity contribution in [3.63, 3.8) is 0 Å². The van der Waals surface area contributed by atoms with Gasteiger partial charge in [-0.2, -0.15) is 5.26 Å². The molecule has 2 aromatic rings. The lowest BCUT2D eigenvalue weighted by molar-refractivity contribution is -0.118. The lowest BCUT2D eigenvalue weighted by atomic mass is 9.96. The Morgan fingerprint density at radius 3 is 2.96 bits per heavy atom. The van der Waals surface area contributed by atoms with E-state index >= 15 is 0 Å². The molecule has 1 aromatic carbocycles. The Balaban J connectivity index is 1.67. The van der Waals surface area contributed by atoms with E-state index in [2.05, 4.69) is 18.0 Å². The molecule has 0 saturated carbocycles. The Morgan fingerprint density at radius 1 is 1.36 bits per heavy atom. The van der Waals surface area contributed by atoms with Crippen LogP contribution in [0.1, 0.15) is 34.4 Å². The minimum atomic E-state index is -0.247. The summed E-state index contributed by atoms with van der Waals surface area (Å²) in [6.07, 6.45) is 6.67. The van der Waals surface area contributed by atoms with Gasteiger partial charge in [-0.25, -0.2) is 0 Å². The van der Waals surface area contributed by atoms with Crippen LogP contribution in [0.2, 0.25) is 0 Å². The van der Waals surface area contributed by atoms with E-state index in [1.807, 2.05) is 24.3 Å².